The molecule has 0 saturated heterocycles. The predicted molar refractivity (Wildman–Crippen MR) is 65.8 cm³/mol. The largest absolute Gasteiger partial charge is 0.160 e. The zero-order valence-electron chi connectivity index (χ0n) is 8.19. The summed E-state index contributed by atoms with van der Waals surface area (Å²) in [6.07, 6.45) is 0. The van der Waals surface area contributed by atoms with Gasteiger partial charge in [-0.15, -0.1) is 0 Å². The zero-order valence-corrected chi connectivity index (χ0v) is 9.82. The summed E-state index contributed by atoms with van der Waals surface area (Å²) in [5.41, 5.74) is 1.44. The van der Waals surface area contributed by atoms with Crippen LogP contribution in [-0.4, -0.2) is 0 Å². The monoisotopic (exact) mass is 254 g/mol. The van der Waals surface area contributed by atoms with Crippen LogP contribution in [0.3, 0.4) is 0 Å². The molecular formula is C12H8F2S2. The van der Waals surface area contributed by atoms with E-state index in [4.69, 9.17) is 0 Å². The molecule has 0 fully saturated rings. The van der Waals surface area contributed by atoms with E-state index in [2.05, 4.69) is 0 Å². The molecule has 2 aromatic rings. The maximum absolute atomic E-state index is 12.7. The lowest BCUT2D eigenvalue weighted by Crippen LogP contribution is -1.83. The van der Waals surface area contributed by atoms with Crippen molar-refractivity contribution in [1.82, 2.24) is 0 Å². The third-order valence-electron chi connectivity index (χ3n) is 2.23. The van der Waals surface area contributed by atoms with E-state index < -0.39 is 0 Å². The molecule has 0 bridgehead atoms. The summed E-state index contributed by atoms with van der Waals surface area (Å²) < 4.78 is 25.4. The number of rotatable bonds is 3. The van der Waals surface area contributed by atoms with Crippen LogP contribution < -0.4 is 0 Å². The number of hydrogen-bond donors (Lipinski definition) is 0. The molecule has 0 N–H and O–H groups in total. The molecule has 0 aliphatic rings. The Balaban J connectivity index is 2.58. The number of benzene rings is 2. The van der Waals surface area contributed by atoms with E-state index >= 15 is 0 Å². The minimum Gasteiger partial charge on any atom is -0.160 e. The molecule has 0 aliphatic heterocycles. The van der Waals surface area contributed by atoms with E-state index in [0.717, 1.165) is 11.1 Å². The molecular weight excluding hydrogens is 246 g/mol. The molecule has 82 valence electrons. The Morgan fingerprint density at radius 2 is 1.00 bits per heavy atom. The summed E-state index contributed by atoms with van der Waals surface area (Å²) in [6.45, 7) is 0. The highest BCUT2D eigenvalue weighted by Crippen LogP contribution is 2.37. The maximum Gasteiger partial charge on any atom is 0.0818 e. The molecule has 16 heavy (non-hydrogen) atoms. The van der Waals surface area contributed by atoms with Gasteiger partial charge in [-0.1, -0.05) is 36.4 Å². The van der Waals surface area contributed by atoms with Gasteiger partial charge in [-0.3, -0.25) is 0 Å². The van der Waals surface area contributed by atoms with Gasteiger partial charge in [0.05, 0.1) is 24.3 Å². The van der Waals surface area contributed by atoms with Gasteiger partial charge in [0.2, 0.25) is 0 Å². The summed E-state index contributed by atoms with van der Waals surface area (Å²) >= 11 is 0.355. The molecule has 0 saturated carbocycles. The van der Waals surface area contributed by atoms with Crippen LogP contribution in [0.2, 0.25) is 0 Å². The second-order valence-electron chi connectivity index (χ2n) is 3.15. The Kier molecular flexibility index (Phi) is 3.85. The van der Waals surface area contributed by atoms with Crippen LogP contribution in [0.1, 0.15) is 0 Å². The first-order chi connectivity index (χ1) is 7.86. The Bertz CT molecular complexity index is 440. The van der Waals surface area contributed by atoms with Crippen LogP contribution in [0.4, 0.5) is 7.77 Å². The first-order valence-corrected chi connectivity index (χ1v) is 6.06. The average molecular weight is 254 g/mol. The highest BCUT2D eigenvalue weighted by Gasteiger charge is 2.09. The zero-order chi connectivity index (χ0) is 11.4. The van der Waals surface area contributed by atoms with Crippen LogP contribution in [0.15, 0.2) is 58.3 Å². The van der Waals surface area contributed by atoms with Crippen LogP contribution >= 0.6 is 24.3 Å². The van der Waals surface area contributed by atoms with Gasteiger partial charge in [0.25, 0.3) is 0 Å². The van der Waals surface area contributed by atoms with Crippen molar-refractivity contribution >= 4 is 24.3 Å². The first kappa shape index (κ1) is 11.5. The number of hydrogen-bond acceptors (Lipinski definition) is 2. The maximum atomic E-state index is 12.7. The van der Waals surface area contributed by atoms with E-state index in [1.165, 1.54) is 0 Å². The molecule has 0 unspecified atom stereocenters. The highest BCUT2D eigenvalue weighted by molar-refractivity contribution is 7.94. The van der Waals surface area contributed by atoms with E-state index in [0.29, 0.717) is 9.79 Å². The topological polar surface area (TPSA) is 0 Å². The molecule has 2 aromatic carbocycles. The van der Waals surface area contributed by atoms with Crippen molar-refractivity contribution in [1.29, 1.82) is 0 Å². The van der Waals surface area contributed by atoms with Gasteiger partial charge in [-0.05, 0) is 23.3 Å². The standard InChI is InChI=1S/C12H8F2S2/c13-15-11-7-3-1-5-9(11)10-6-2-4-8-12(10)16-14/h1-8H. The average Bonchev–Trinajstić information content (AvgIpc) is 2.38. The molecule has 0 atom stereocenters. The van der Waals surface area contributed by atoms with Crippen molar-refractivity contribution in [2.75, 3.05) is 0 Å². The molecule has 0 heterocycles. The molecule has 0 aromatic heterocycles. The number of halogens is 2. The van der Waals surface area contributed by atoms with Gasteiger partial charge >= 0.3 is 0 Å². The van der Waals surface area contributed by atoms with Gasteiger partial charge < -0.3 is 0 Å². The van der Waals surface area contributed by atoms with Crippen LogP contribution in [0.5, 0.6) is 0 Å². The van der Waals surface area contributed by atoms with Crippen LogP contribution in [0, 0.1) is 0 Å². The molecule has 0 aliphatic carbocycles. The molecule has 0 spiro atoms. The summed E-state index contributed by atoms with van der Waals surface area (Å²) in [5, 5.41) is 0. The first-order valence-electron chi connectivity index (χ1n) is 4.62. The van der Waals surface area contributed by atoms with Crippen molar-refractivity contribution in [3.8, 4) is 11.1 Å². The summed E-state index contributed by atoms with van der Waals surface area (Å²) in [6, 6.07) is 14.1. The normalized spacial score (nSPS) is 10.4. The quantitative estimate of drug-likeness (QED) is 0.728. The van der Waals surface area contributed by atoms with Crippen molar-refractivity contribution in [2.24, 2.45) is 0 Å². The fourth-order valence-electron chi connectivity index (χ4n) is 1.51. The SMILES string of the molecule is FSc1ccccc1-c1ccccc1SF. The Labute approximate surface area is 102 Å². The van der Waals surface area contributed by atoms with Crippen molar-refractivity contribution in [3.63, 3.8) is 0 Å². The third-order valence-corrected chi connectivity index (χ3v) is 3.28. The lowest BCUT2D eigenvalue weighted by atomic mass is 10.1. The molecule has 4 heteroatoms. The lowest BCUT2D eigenvalue weighted by Gasteiger charge is -2.08. The highest BCUT2D eigenvalue weighted by atomic mass is 32.2. The predicted octanol–water partition coefficient (Wildman–Crippen LogP) is 5.31. The van der Waals surface area contributed by atoms with Gasteiger partial charge in [-0.25, -0.2) is 0 Å². The molecule has 0 amide bonds. The van der Waals surface area contributed by atoms with Gasteiger partial charge in [0.1, 0.15) is 0 Å². The van der Waals surface area contributed by atoms with Crippen molar-refractivity contribution in [3.05, 3.63) is 48.5 Å². The summed E-state index contributed by atoms with van der Waals surface area (Å²) in [4.78, 5) is 1.01. The van der Waals surface area contributed by atoms with E-state index in [-0.39, 0.29) is 24.3 Å². The fraction of sp³-hybridized carbons (Fsp3) is 0. The molecule has 0 nitrogen and oxygen atoms in total. The lowest BCUT2D eigenvalue weighted by molar-refractivity contribution is 0.931. The van der Waals surface area contributed by atoms with Gasteiger partial charge in [0.15, 0.2) is 0 Å². The van der Waals surface area contributed by atoms with Gasteiger partial charge in [-0.2, -0.15) is 7.77 Å². The second kappa shape index (κ2) is 5.37. The van der Waals surface area contributed by atoms with Crippen molar-refractivity contribution < 1.29 is 7.77 Å². The Morgan fingerprint density at radius 3 is 1.38 bits per heavy atom. The molecule has 2 rings (SSSR count). The van der Waals surface area contributed by atoms with E-state index in [1.807, 2.05) is 12.1 Å². The smallest absolute Gasteiger partial charge is 0.0818 e. The minimum absolute atomic E-state index is 0.178. The Morgan fingerprint density at radius 1 is 0.625 bits per heavy atom. The molecule has 0 radical (unpaired) electrons. The van der Waals surface area contributed by atoms with E-state index in [9.17, 15) is 7.77 Å². The third kappa shape index (κ3) is 2.23. The second-order valence-corrected chi connectivity index (χ2v) is 4.33. The fourth-order valence-corrected chi connectivity index (χ4v) is 2.30. The van der Waals surface area contributed by atoms with E-state index in [1.54, 1.807) is 36.4 Å². The van der Waals surface area contributed by atoms with Crippen LogP contribution in [0.25, 0.3) is 11.1 Å². The summed E-state index contributed by atoms with van der Waals surface area (Å²) in [7, 11) is 0. The summed E-state index contributed by atoms with van der Waals surface area (Å²) in [5.74, 6) is 0. The van der Waals surface area contributed by atoms with Crippen LogP contribution in [-0.2, 0) is 0 Å². The van der Waals surface area contributed by atoms with Gasteiger partial charge in [0, 0.05) is 9.79 Å². The Hall–Kier alpha value is -1.000. The minimum atomic E-state index is 0.178. The van der Waals surface area contributed by atoms with Crippen molar-refractivity contribution in [2.45, 2.75) is 9.79 Å².